The molecular formula is C19H23N3O5. The molecule has 3 rings (SSSR count). The monoisotopic (exact) mass is 373 g/mol. The highest BCUT2D eigenvalue weighted by Gasteiger charge is 2.48. The molecule has 1 aromatic rings. The summed E-state index contributed by atoms with van der Waals surface area (Å²) < 4.78 is 5.27. The first-order valence-corrected chi connectivity index (χ1v) is 8.99. The Labute approximate surface area is 157 Å². The van der Waals surface area contributed by atoms with Gasteiger partial charge in [-0.25, -0.2) is 9.69 Å². The maximum atomic E-state index is 12.5. The van der Waals surface area contributed by atoms with Crippen LogP contribution < -0.4 is 4.74 Å². The molecule has 1 aliphatic carbocycles. The summed E-state index contributed by atoms with van der Waals surface area (Å²) in [7, 11) is 3.13. The van der Waals surface area contributed by atoms with Crippen LogP contribution >= 0.6 is 0 Å². The molecule has 1 heterocycles. The van der Waals surface area contributed by atoms with E-state index in [1.165, 1.54) is 4.90 Å². The standard InChI is InChI=1S/C19H23N3O5/c1-20(11-13-7-3-6-10-15(13)27-2)16(23)12-21-17(24)18(25)22(19(21)26)14-8-4-5-9-14/h3,6-7,10,14H,4-5,8-9,11-12H2,1-2H3. The lowest BCUT2D eigenvalue weighted by atomic mass is 10.2. The van der Waals surface area contributed by atoms with Crippen LogP contribution in [0, 0.1) is 0 Å². The zero-order chi connectivity index (χ0) is 19.6. The predicted octanol–water partition coefficient (Wildman–Crippen LogP) is 1.39. The van der Waals surface area contributed by atoms with E-state index < -0.39 is 30.3 Å². The van der Waals surface area contributed by atoms with Crippen molar-refractivity contribution in [1.29, 1.82) is 0 Å². The fourth-order valence-electron chi connectivity index (χ4n) is 3.58. The lowest BCUT2D eigenvalue weighted by Gasteiger charge is -2.23. The van der Waals surface area contributed by atoms with E-state index in [0.29, 0.717) is 18.6 Å². The number of carbonyl (C=O) groups excluding carboxylic acids is 4. The minimum Gasteiger partial charge on any atom is -0.496 e. The predicted molar refractivity (Wildman–Crippen MR) is 95.7 cm³/mol. The highest BCUT2D eigenvalue weighted by atomic mass is 16.5. The lowest BCUT2D eigenvalue weighted by molar-refractivity contribution is -0.145. The van der Waals surface area contributed by atoms with Gasteiger partial charge in [-0.15, -0.1) is 0 Å². The highest BCUT2D eigenvalue weighted by molar-refractivity contribution is 6.45. The smallest absolute Gasteiger partial charge is 0.334 e. The maximum Gasteiger partial charge on any atom is 0.334 e. The van der Waals surface area contributed by atoms with Gasteiger partial charge in [0.15, 0.2) is 0 Å². The maximum absolute atomic E-state index is 12.5. The van der Waals surface area contributed by atoms with Crippen LogP contribution in [-0.4, -0.2) is 65.2 Å². The molecule has 0 unspecified atom stereocenters. The van der Waals surface area contributed by atoms with Gasteiger partial charge in [0.25, 0.3) is 0 Å². The van der Waals surface area contributed by atoms with Gasteiger partial charge in [-0.2, -0.15) is 0 Å². The Morgan fingerprint density at radius 3 is 2.48 bits per heavy atom. The number of ether oxygens (including phenoxy) is 1. The summed E-state index contributed by atoms with van der Waals surface area (Å²) in [6.45, 7) is -0.183. The number of imide groups is 2. The topological polar surface area (TPSA) is 87.2 Å². The summed E-state index contributed by atoms with van der Waals surface area (Å²) in [5.41, 5.74) is 0.804. The molecule has 27 heavy (non-hydrogen) atoms. The van der Waals surface area contributed by atoms with Crippen molar-refractivity contribution in [3.63, 3.8) is 0 Å². The summed E-state index contributed by atoms with van der Waals surface area (Å²) in [5.74, 6) is -1.53. The largest absolute Gasteiger partial charge is 0.496 e. The van der Waals surface area contributed by atoms with Crippen LogP contribution in [0.4, 0.5) is 4.79 Å². The summed E-state index contributed by atoms with van der Waals surface area (Å²) in [4.78, 5) is 52.7. The Morgan fingerprint density at radius 2 is 1.81 bits per heavy atom. The van der Waals surface area contributed by atoms with Crippen LogP contribution in [0.1, 0.15) is 31.2 Å². The van der Waals surface area contributed by atoms with Crippen LogP contribution in [0.5, 0.6) is 5.75 Å². The van der Waals surface area contributed by atoms with Gasteiger partial charge in [-0.05, 0) is 18.9 Å². The van der Waals surface area contributed by atoms with E-state index in [0.717, 1.165) is 28.2 Å². The fraction of sp³-hybridized carbons (Fsp3) is 0.474. The number of likely N-dealkylation sites (N-methyl/N-ethyl adjacent to an activating group) is 1. The molecule has 0 bridgehead atoms. The number of nitrogens with zero attached hydrogens (tertiary/aromatic N) is 3. The van der Waals surface area contributed by atoms with E-state index in [9.17, 15) is 19.2 Å². The minimum atomic E-state index is -0.925. The van der Waals surface area contributed by atoms with E-state index in [-0.39, 0.29) is 12.6 Å². The molecule has 1 saturated heterocycles. The zero-order valence-electron chi connectivity index (χ0n) is 15.5. The molecule has 1 aromatic carbocycles. The van der Waals surface area contributed by atoms with Crippen LogP contribution in [0.2, 0.25) is 0 Å². The highest BCUT2D eigenvalue weighted by Crippen LogP contribution is 2.27. The molecule has 8 heteroatoms. The molecular weight excluding hydrogens is 350 g/mol. The third-order valence-electron chi connectivity index (χ3n) is 5.09. The quantitative estimate of drug-likeness (QED) is 0.555. The Bertz CT molecular complexity index is 772. The molecule has 0 spiro atoms. The molecule has 1 saturated carbocycles. The first-order valence-electron chi connectivity index (χ1n) is 8.99. The number of hydrogen-bond donors (Lipinski definition) is 0. The van der Waals surface area contributed by atoms with Gasteiger partial charge < -0.3 is 9.64 Å². The molecule has 0 N–H and O–H groups in total. The molecule has 144 valence electrons. The normalized spacial score (nSPS) is 17.8. The Hall–Kier alpha value is -2.90. The Balaban J connectivity index is 1.67. The first kappa shape index (κ1) is 18.9. The van der Waals surface area contributed by atoms with Crippen molar-refractivity contribution < 1.29 is 23.9 Å². The van der Waals surface area contributed by atoms with E-state index in [2.05, 4.69) is 0 Å². The van der Waals surface area contributed by atoms with Crippen molar-refractivity contribution >= 4 is 23.8 Å². The molecule has 0 aromatic heterocycles. The third kappa shape index (κ3) is 3.65. The van der Waals surface area contributed by atoms with Gasteiger partial charge in [0.05, 0.1) is 7.11 Å². The van der Waals surface area contributed by atoms with Crippen molar-refractivity contribution in [2.45, 2.75) is 38.3 Å². The van der Waals surface area contributed by atoms with Gasteiger partial charge in [0.2, 0.25) is 5.91 Å². The van der Waals surface area contributed by atoms with Gasteiger partial charge in [-0.3, -0.25) is 19.3 Å². The Kier molecular flexibility index (Phi) is 5.43. The molecule has 5 amide bonds. The molecule has 8 nitrogen and oxygen atoms in total. The summed E-state index contributed by atoms with van der Waals surface area (Å²) in [6, 6.07) is 6.37. The molecule has 0 atom stereocenters. The molecule has 1 aliphatic heterocycles. The van der Waals surface area contributed by atoms with Crippen LogP contribution in [0.25, 0.3) is 0 Å². The number of urea groups is 1. The van der Waals surface area contributed by atoms with Crippen molar-refractivity contribution in [2.24, 2.45) is 0 Å². The third-order valence-corrected chi connectivity index (χ3v) is 5.09. The summed E-state index contributed by atoms with van der Waals surface area (Å²) in [5, 5.41) is 0. The second kappa shape index (κ2) is 7.77. The molecule has 2 aliphatic rings. The number of para-hydroxylation sites is 1. The average Bonchev–Trinajstić information content (AvgIpc) is 3.25. The van der Waals surface area contributed by atoms with Crippen molar-refractivity contribution in [3.8, 4) is 5.75 Å². The van der Waals surface area contributed by atoms with Crippen molar-refractivity contribution in [1.82, 2.24) is 14.7 Å². The summed E-state index contributed by atoms with van der Waals surface area (Å²) >= 11 is 0. The van der Waals surface area contributed by atoms with Gasteiger partial charge in [-0.1, -0.05) is 31.0 Å². The van der Waals surface area contributed by atoms with Gasteiger partial charge in [0, 0.05) is 25.2 Å². The number of hydrogen-bond acceptors (Lipinski definition) is 5. The number of methoxy groups -OCH3 is 1. The van der Waals surface area contributed by atoms with Crippen molar-refractivity contribution in [3.05, 3.63) is 29.8 Å². The van der Waals surface area contributed by atoms with Crippen molar-refractivity contribution in [2.75, 3.05) is 20.7 Å². The van der Waals surface area contributed by atoms with Crippen LogP contribution in [-0.2, 0) is 20.9 Å². The molecule has 0 radical (unpaired) electrons. The average molecular weight is 373 g/mol. The van der Waals surface area contributed by atoms with Crippen LogP contribution in [0.3, 0.4) is 0 Å². The van der Waals surface area contributed by atoms with Gasteiger partial charge >= 0.3 is 17.8 Å². The van der Waals surface area contributed by atoms with Gasteiger partial charge in [0.1, 0.15) is 12.3 Å². The van der Waals surface area contributed by atoms with E-state index in [4.69, 9.17) is 4.74 Å². The number of rotatable bonds is 6. The fourth-order valence-corrected chi connectivity index (χ4v) is 3.58. The second-order valence-electron chi connectivity index (χ2n) is 6.85. The SMILES string of the molecule is COc1ccccc1CN(C)C(=O)CN1C(=O)C(=O)N(C2CCCC2)C1=O. The first-order chi connectivity index (χ1) is 12.9. The second-order valence-corrected chi connectivity index (χ2v) is 6.85. The number of amides is 5. The minimum absolute atomic E-state index is 0.236. The number of carbonyl (C=O) groups is 4. The lowest BCUT2D eigenvalue weighted by Crippen LogP contribution is -2.43. The number of benzene rings is 1. The zero-order valence-corrected chi connectivity index (χ0v) is 15.5. The van der Waals surface area contributed by atoms with Crippen LogP contribution in [0.15, 0.2) is 24.3 Å². The van der Waals surface area contributed by atoms with E-state index in [1.807, 2.05) is 18.2 Å². The van der Waals surface area contributed by atoms with E-state index in [1.54, 1.807) is 20.2 Å². The summed E-state index contributed by atoms with van der Waals surface area (Å²) in [6.07, 6.45) is 3.27. The Morgan fingerprint density at radius 1 is 1.15 bits per heavy atom. The van der Waals surface area contributed by atoms with E-state index >= 15 is 0 Å². The molecule has 2 fully saturated rings.